The summed E-state index contributed by atoms with van der Waals surface area (Å²) < 4.78 is 18.1. The monoisotopic (exact) mass is 233 g/mol. The first-order chi connectivity index (χ1) is 8.11. The first kappa shape index (κ1) is 11.2. The summed E-state index contributed by atoms with van der Waals surface area (Å²) in [5.74, 6) is -0.443. The topological polar surface area (TPSA) is 75.9 Å². The molecule has 2 rings (SSSR count). The molecule has 0 spiro atoms. The molecule has 0 radical (unpaired) electrons. The van der Waals surface area contributed by atoms with Gasteiger partial charge in [0.1, 0.15) is 11.8 Å². The van der Waals surface area contributed by atoms with Crippen LogP contribution in [0.4, 0.5) is 4.39 Å². The second-order valence-corrected chi connectivity index (χ2v) is 3.53. The van der Waals surface area contributed by atoms with Gasteiger partial charge in [0, 0.05) is 18.4 Å². The lowest BCUT2D eigenvalue weighted by Crippen LogP contribution is -2.02. The largest absolute Gasteiger partial charge is 0.441 e. The van der Waals surface area contributed by atoms with Gasteiger partial charge in [0.05, 0.1) is 6.20 Å². The van der Waals surface area contributed by atoms with Crippen molar-refractivity contribution < 1.29 is 13.9 Å². The van der Waals surface area contributed by atoms with Crippen molar-refractivity contribution in [2.75, 3.05) is 0 Å². The van der Waals surface area contributed by atoms with Crippen LogP contribution < -0.4 is 4.74 Å². The molecule has 0 unspecified atom stereocenters. The maximum atomic E-state index is 12.7. The van der Waals surface area contributed by atoms with Crippen molar-refractivity contribution in [1.82, 2.24) is 9.97 Å². The predicted molar refractivity (Wildman–Crippen MR) is 54.3 cm³/mol. The lowest BCUT2D eigenvalue weighted by molar-refractivity contribution is -0.114. The zero-order valence-electron chi connectivity index (χ0n) is 9.03. The third-order valence-electron chi connectivity index (χ3n) is 2.45. The third-order valence-corrected chi connectivity index (χ3v) is 2.45. The van der Waals surface area contributed by atoms with Crippen LogP contribution in [-0.2, 0) is 4.79 Å². The van der Waals surface area contributed by atoms with E-state index in [2.05, 4.69) is 9.97 Å². The first-order valence-electron chi connectivity index (χ1n) is 4.95. The highest BCUT2D eigenvalue weighted by atomic mass is 19.1. The van der Waals surface area contributed by atoms with Crippen LogP contribution >= 0.6 is 0 Å². The number of hydrogen-bond donors (Lipinski definition) is 0. The summed E-state index contributed by atoms with van der Waals surface area (Å²) in [6, 6.07) is 1.69. The molecule has 0 aromatic carbocycles. The molecule has 0 saturated heterocycles. The molecule has 0 bridgehead atoms. The third kappa shape index (κ3) is 2.13. The van der Waals surface area contributed by atoms with Gasteiger partial charge >= 0.3 is 0 Å². The highest BCUT2D eigenvalue weighted by Gasteiger charge is 2.22. The van der Waals surface area contributed by atoms with Crippen molar-refractivity contribution in [3.05, 3.63) is 29.2 Å². The van der Waals surface area contributed by atoms with Gasteiger partial charge in [-0.3, -0.25) is 4.79 Å². The molecule has 1 aliphatic rings. The Morgan fingerprint density at radius 2 is 2.29 bits per heavy atom. The Balaban J connectivity index is 2.32. The molecule has 0 N–H and O–H groups in total. The van der Waals surface area contributed by atoms with Crippen molar-refractivity contribution in [2.45, 2.75) is 19.8 Å². The zero-order valence-corrected chi connectivity index (χ0v) is 9.03. The minimum Gasteiger partial charge on any atom is -0.441 e. The number of carbonyl (C=O) groups excluding carboxylic acids is 1. The normalized spacial score (nSPS) is 15.0. The van der Waals surface area contributed by atoms with E-state index in [4.69, 9.17) is 10.00 Å². The van der Waals surface area contributed by atoms with Crippen LogP contribution in [0.25, 0.3) is 0 Å². The van der Waals surface area contributed by atoms with E-state index < -0.39 is 5.95 Å². The molecule has 0 amide bonds. The number of rotatable bonds is 2. The van der Waals surface area contributed by atoms with Gasteiger partial charge in [0.25, 0.3) is 5.88 Å². The zero-order chi connectivity index (χ0) is 12.4. The van der Waals surface area contributed by atoms with E-state index in [-0.39, 0.29) is 17.4 Å². The number of carbonyl (C=O) groups is 1. The fraction of sp³-hybridized carbons (Fsp3) is 0.273. The molecule has 0 aliphatic heterocycles. The molecule has 1 heterocycles. The molecule has 0 atom stereocenters. The number of ketones is 1. The van der Waals surface area contributed by atoms with E-state index in [1.165, 1.54) is 0 Å². The van der Waals surface area contributed by atoms with Gasteiger partial charge in [0.15, 0.2) is 5.78 Å². The Labute approximate surface area is 96.6 Å². The molecule has 1 aromatic heterocycles. The van der Waals surface area contributed by atoms with Crippen LogP contribution in [0, 0.1) is 17.3 Å². The standard InChI is InChI=1S/C11H8FN3O2/c1-6-8(16)2-3-9(6)17-11-7(4-13)15-10(12)5-14-11/h5H,2-3H2,1H3. The Morgan fingerprint density at radius 3 is 2.88 bits per heavy atom. The van der Waals surface area contributed by atoms with Gasteiger partial charge < -0.3 is 4.74 Å². The van der Waals surface area contributed by atoms with Gasteiger partial charge in [-0.25, -0.2) is 9.97 Å². The number of Topliss-reactive ketones (excluding diaryl/α,β-unsaturated/α-hetero) is 1. The molecule has 86 valence electrons. The lowest BCUT2D eigenvalue weighted by Gasteiger charge is -2.06. The smallest absolute Gasteiger partial charge is 0.256 e. The predicted octanol–water partition coefficient (Wildman–Crippen LogP) is 1.50. The summed E-state index contributed by atoms with van der Waals surface area (Å²) in [5.41, 5.74) is 0.282. The van der Waals surface area contributed by atoms with Crippen LogP contribution in [0.15, 0.2) is 17.5 Å². The van der Waals surface area contributed by atoms with Crippen molar-refractivity contribution in [2.24, 2.45) is 0 Å². The van der Waals surface area contributed by atoms with E-state index in [1.54, 1.807) is 13.0 Å². The van der Waals surface area contributed by atoms with Gasteiger partial charge in [-0.1, -0.05) is 0 Å². The Morgan fingerprint density at radius 1 is 1.53 bits per heavy atom. The Hall–Kier alpha value is -2.29. The van der Waals surface area contributed by atoms with Gasteiger partial charge in [-0.05, 0) is 6.92 Å². The fourth-order valence-electron chi connectivity index (χ4n) is 1.51. The molecule has 17 heavy (non-hydrogen) atoms. The van der Waals surface area contributed by atoms with Crippen molar-refractivity contribution in [1.29, 1.82) is 5.26 Å². The minimum absolute atomic E-state index is 0.00794. The number of allylic oxidation sites excluding steroid dienone is 2. The second kappa shape index (κ2) is 4.29. The number of aromatic nitrogens is 2. The number of nitriles is 1. The number of hydrogen-bond acceptors (Lipinski definition) is 5. The van der Waals surface area contributed by atoms with E-state index in [9.17, 15) is 9.18 Å². The minimum atomic E-state index is -0.845. The molecule has 6 heteroatoms. The average molecular weight is 233 g/mol. The van der Waals surface area contributed by atoms with E-state index >= 15 is 0 Å². The molecule has 0 fully saturated rings. The van der Waals surface area contributed by atoms with E-state index in [0.717, 1.165) is 6.20 Å². The number of nitrogens with zero attached hydrogens (tertiary/aromatic N) is 3. The highest BCUT2D eigenvalue weighted by Crippen LogP contribution is 2.25. The quantitative estimate of drug-likeness (QED) is 0.773. The maximum Gasteiger partial charge on any atom is 0.256 e. The summed E-state index contributed by atoms with van der Waals surface area (Å²) in [4.78, 5) is 18.3. The van der Waals surface area contributed by atoms with Crippen molar-refractivity contribution in [3.63, 3.8) is 0 Å². The van der Waals surface area contributed by atoms with E-state index in [1.807, 2.05) is 0 Å². The molecular formula is C11H8FN3O2. The first-order valence-corrected chi connectivity index (χ1v) is 4.95. The summed E-state index contributed by atoms with van der Waals surface area (Å²) >= 11 is 0. The number of halogens is 1. The van der Waals surface area contributed by atoms with Crippen LogP contribution in [0.5, 0.6) is 5.88 Å². The molecule has 5 nitrogen and oxygen atoms in total. The van der Waals surface area contributed by atoms with Crippen LogP contribution in [0.3, 0.4) is 0 Å². The Bertz CT molecular complexity index is 560. The summed E-state index contributed by atoms with van der Waals surface area (Å²) in [6.07, 6.45) is 1.72. The lowest BCUT2D eigenvalue weighted by atomic mass is 10.2. The second-order valence-electron chi connectivity index (χ2n) is 3.53. The van der Waals surface area contributed by atoms with Crippen LogP contribution in [0.1, 0.15) is 25.5 Å². The highest BCUT2D eigenvalue weighted by molar-refractivity contribution is 5.97. The van der Waals surface area contributed by atoms with Crippen molar-refractivity contribution >= 4 is 5.78 Å². The average Bonchev–Trinajstić information content (AvgIpc) is 2.63. The summed E-state index contributed by atoms with van der Waals surface area (Å²) in [6.45, 7) is 1.65. The van der Waals surface area contributed by atoms with Crippen molar-refractivity contribution in [3.8, 4) is 11.9 Å². The summed E-state index contributed by atoms with van der Waals surface area (Å²) in [5, 5.41) is 8.75. The fourth-order valence-corrected chi connectivity index (χ4v) is 1.51. The molecule has 1 aliphatic carbocycles. The van der Waals surface area contributed by atoms with E-state index in [0.29, 0.717) is 24.2 Å². The Kier molecular flexibility index (Phi) is 2.83. The SMILES string of the molecule is CC1=C(Oc2ncc(F)nc2C#N)CCC1=O. The van der Waals surface area contributed by atoms with Gasteiger partial charge in [-0.15, -0.1) is 0 Å². The summed E-state index contributed by atoms with van der Waals surface area (Å²) in [7, 11) is 0. The molecular weight excluding hydrogens is 225 g/mol. The van der Waals surface area contributed by atoms with Crippen LogP contribution in [-0.4, -0.2) is 15.8 Å². The van der Waals surface area contributed by atoms with Crippen LogP contribution in [0.2, 0.25) is 0 Å². The maximum absolute atomic E-state index is 12.7. The number of ether oxygens (including phenoxy) is 1. The van der Waals surface area contributed by atoms with Gasteiger partial charge in [0.2, 0.25) is 11.6 Å². The molecule has 1 aromatic rings. The molecule has 0 saturated carbocycles. The van der Waals surface area contributed by atoms with Gasteiger partial charge in [-0.2, -0.15) is 9.65 Å².